The Kier molecular flexibility index (Phi) is 9.71. The number of carbonyl (C=O) groups excluding carboxylic acids is 2. The van der Waals surface area contributed by atoms with Crippen LogP contribution in [0.3, 0.4) is 0 Å². The number of esters is 1. The van der Waals surface area contributed by atoms with Gasteiger partial charge in [0.15, 0.2) is 11.9 Å². The van der Waals surface area contributed by atoms with Gasteiger partial charge in [-0.1, -0.05) is 55.0 Å². The Bertz CT molecular complexity index is 961. The molecular weight excluding hydrogens is 472 g/mol. The van der Waals surface area contributed by atoms with Gasteiger partial charge >= 0.3 is 5.97 Å². The van der Waals surface area contributed by atoms with Crippen molar-refractivity contribution in [2.24, 2.45) is 5.92 Å². The van der Waals surface area contributed by atoms with Crippen LogP contribution >= 0.6 is 0 Å². The first-order chi connectivity index (χ1) is 17.8. The summed E-state index contributed by atoms with van der Waals surface area (Å²) in [7, 11) is 0. The van der Waals surface area contributed by atoms with Gasteiger partial charge in [-0.2, -0.15) is 0 Å². The number of fused-ring (bicyclic) bond motifs is 3. The van der Waals surface area contributed by atoms with Gasteiger partial charge in [0.25, 0.3) is 0 Å². The lowest BCUT2D eigenvalue weighted by Crippen LogP contribution is -2.29. The lowest BCUT2D eigenvalue weighted by molar-refractivity contribution is -0.149. The minimum absolute atomic E-state index is 0.104. The second kappa shape index (κ2) is 13.0. The largest absolute Gasteiger partial charge is 0.451 e. The van der Waals surface area contributed by atoms with E-state index in [0.717, 1.165) is 31.3 Å². The Morgan fingerprint density at radius 3 is 2.78 bits per heavy atom. The number of cyclic esters (lactones) is 1. The first-order valence-corrected chi connectivity index (χ1v) is 13.5. The topological polar surface area (TPSA) is 94.6 Å². The summed E-state index contributed by atoms with van der Waals surface area (Å²) in [6.07, 6.45) is 14.2. The van der Waals surface area contributed by atoms with Crippen molar-refractivity contribution in [3.63, 3.8) is 0 Å². The van der Waals surface area contributed by atoms with E-state index < -0.39 is 24.3 Å². The van der Waals surface area contributed by atoms with Gasteiger partial charge in [-0.25, -0.2) is 4.79 Å². The lowest BCUT2D eigenvalue weighted by Gasteiger charge is -2.28. The zero-order chi connectivity index (χ0) is 26.4. The molecule has 0 radical (unpaired) electrons. The van der Waals surface area contributed by atoms with E-state index in [1.54, 1.807) is 12.2 Å². The minimum Gasteiger partial charge on any atom is -0.451 e. The van der Waals surface area contributed by atoms with Crippen molar-refractivity contribution in [3.05, 3.63) is 60.3 Å². The molecule has 1 fully saturated rings. The molecule has 0 unspecified atom stereocenters. The average Bonchev–Trinajstić information content (AvgIpc) is 3.61. The molecular formula is C30H40O7. The summed E-state index contributed by atoms with van der Waals surface area (Å²) in [5, 5.41) is 10.7. The molecule has 7 heteroatoms. The number of ketones is 1. The molecule has 1 saturated heterocycles. The molecule has 7 nitrogen and oxygen atoms in total. The van der Waals surface area contributed by atoms with Crippen molar-refractivity contribution in [1.29, 1.82) is 0 Å². The van der Waals surface area contributed by atoms with Gasteiger partial charge in [-0.15, -0.1) is 0 Å². The molecule has 202 valence electrons. The van der Waals surface area contributed by atoms with E-state index in [1.807, 2.05) is 19.1 Å². The molecule has 37 heavy (non-hydrogen) atoms. The van der Waals surface area contributed by atoms with Crippen molar-refractivity contribution in [3.8, 4) is 0 Å². The van der Waals surface area contributed by atoms with Gasteiger partial charge in [0, 0.05) is 12.5 Å². The van der Waals surface area contributed by atoms with E-state index in [4.69, 9.17) is 18.9 Å². The number of ether oxygens (including phenoxy) is 4. The molecule has 0 spiro atoms. The van der Waals surface area contributed by atoms with Crippen molar-refractivity contribution >= 4 is 11.8 Å². The third-order valence-corrected chi connectivity index (χ3v) is 7.30. The molecule has 8 atom stereocenters. The van der Waals surface area contributed by atoms with E-state index in [0.29, 0.717) is 25.4 Å². The first-order valence-electron chi connectivity index (χ1n) is 13.5. The summed E-state index contributed by atoms with van der Waals surface area (Å²) < 4.78 is 23.2. The number of aliphatic hydroxyl groups is 1. The summed E-state index contributed by atoms with van der Waals surface area (Å²) in [6.45, 7) is 8.90. The number of carbonyl (C=O) groups is 2. The van der Waals surface area contributed by atoms with Crippen molar-refractivity contribution in [2.75, 3.05) is 6.61 Å². The standard InChI is InChI=1S/C30H40O7/c1-19-12-13-34-23(15-19)10-11-25(31)27-18-28-30(37-28)26(32)17-21(3)14-20(2)16-24-8-4-6-22(35-24)7-5-9-29(33)36-27/h4-6,9-12,20,22-24,26-28,30,32H,3,7-8,13-18H2,1-2H3/b9-5-,11-10+/t20-,22-,23+,24-,26-,27-,28+,30-/m0/s1. The van der Waals surface area contributed by atoms with E-state index in [9.17, 15) is 14.7 Å². The molecule has 4 aliphatic heterocycles. The summed E-state index contributed by atoms with van der Waals surface area (Å²) >= 11 is 0. The Hall–Kier alpha value is -2.32. The van der Waals surface area contributed by atoms with Crippen LogP contribution in [0.2, 0.25) is 0 Å². The van der Waals surface area contributed by atoms with E-state index >= 15 is 0 Å². The molecule has 2 bridgehead atoms. The molecule has 0 aromatic carbocycles. The fraction of sp³-hybridized carbons (Fsp3) is 0.600. The van der Waals surface area contributed by atoms with E-state index in [2.05, 4.69) is 19.6 Å². The van der Waals surface area contributed by atoms with Crippen LogP contribution in [-0.2, 0) is 28.5 Å². The van der Waals surface area contributed by atoms with Crippen molar-refractivity contribution < 1.29 is 33.6 Å². The lowest BCUT2D eigenvalue weighted by atomic mass is 9.91. The normalized spacial score (nSPS) is 38.6. The zero-order valence-electron chi connectivity index (χ0n) is 21.9. The fourth-order valence-corrected chi connectivity index (χ4v) is 5.34. The monoisotopic (exact) mass is 512 g/mol. The Balaban J connectivity index is 1.45. The summed E-state index contributed by atoms with van der Waals surface area (Å²) in [5.41, 5.74) is 2.18. The second-order valence-corrected chi connectivity index (χ2v) is 10.9. The van der Waals surface area contributed by atoms with Gasteiger partial charge in [0.2, 0.25) is 0 Å². The smallest absolute Gasteiger partial charge is 0.331 e. The van der Waals surface area contributed by atoms with Crippen LogP contribution in [0.25, 0.3) is 0 Å². The number of hydrogen-bond donors (Lipinski definition) is 1. The molecule has 4 heterocycles. The Morgan fingerprint density at radius 1 is 1.14 bits per heavy atom. The maximum atomic E-state index is 13.0. The average molecular weight is 513 g/mol. The Morgan fingerprint density at radius 2 is 1.97 bits per heavy atom. The van der Waals surface area contributed by atoms with Gasteiger partial charge in [-0.3, -0.25) is 4.79 Å². The fourth-order valence-electron chi connectivity index (χ4n) is 5.34. The van der Waals surface area contributed by atoms with Crippen LogP contribution in [-0.4, -0.2) is 66.2 Å². The first kappa shape index (κ1) is 27.7. The Labute approximate surface area is 219 Å². The van der Waals surface area contributed by atoms with Gasteiger partial charge in [-0.05, 0) is 57.4 Å². The number of aliphatic hydroxyl groups excluding tert-OH is 1. The van der Waals surface area contributed by atoms with Gasteiger partial charge in [0.05, 0.1) is 37.1 Å². The maximum absolute atomic E-state index is 13.0. The molecule has 0 aliphatic carbocycles. The molecule has 1 N–H and O–H groups in total. The summed E-state index contributed by atoms with van der Waals surface area (Å²) in [6, 6.07) is 0. The molecule has 0 aromatic heterocycles. The van der Waals surface area contributed by atoms with Gasteiger partial charge in [0.1, 0.15) is 6.10 Å². The molecule has 0 saturated carbocycles. The number of epoxide rings is 1. The minimum atomic E-state index is -1.01. The third kappa shape index (κ3) is 8.60. The number of hydrogen-bond acceptors (Lipinski definition) is 7. The quantitative estimate of drug-likeness (QED) is 0.261. The molecule has 4 aliphatic rings. The number of rotatable bonds is 3. The van der Waals surface area contributed by atoms with Crippen molar-refractivity contribution in [2.45, 2.75) is 102 Å². The zero-order valence-corrected chi connectivity index (χ0v) is 21.9. The van der Waals surface area contributed by atoms with Crippen LogP contribution in [0.1, 0.15) is 58.8 Å². The third-order valence-electron chi connectivity index (χ3n) is 7.30. The highest BCUT2D eigenvalue weighted by atomic mass is 16.6. The predicted molar refractivity (Wildman–Crippen MR) is 140 cm³/mol. The molecule has 0 amide bonds. The van der Waals surface area contributed by atoms with Crippen LogP contribution in [0.5, 0.6) is 0 Å². The van der Waals surface area contributed by atoms with Crippen LogP contribution in [0.4, 0.5) is 0 Å². The SMILES string of the molecule is C=C1C[C@H](C)C[C@@H]2CC=C[C@@H](C/C=C\C(=O)O[C@H](C(=O)/C=C/[C@@H]3CC(C)=CCO3)C[C@H]3O[C@H]3[C@@H](O)C1)O2. The highest BCUT2D eigenvalue weighted by Crippen LogP contribution is 2.34. The van der Waals surface area contributed by atoms with E-state index in [-0.39, 0.29) is 36.6 Å². The second-order valence-electron chi connectivity index (χ2n) is 10.9. The molecule has 4 rings (SSSR count). The van der Waals surface area contributed by atoms with Crippen LogP contribution < -0.4 is 0 Å². The van der Waals surface area contributed by atoms with Crippen LogP contribution in [0, 0.1) is 5.92 Å². The predicted octanol–water partition coefficient (Wildman–Crippen LogP) is 4.31. The summed E-state index contributed by atoms with van der Waals surface area (Å²) in [4.78, 5) is 25.7. The van der Waals surface area contributed by atoms with Crippen molar-refractivity contribution in [1.82, 2.24) is 0 Å². The van der Waals surface area contributed by atoms with Crippen LogP contribution in [0.15, 0.2) is 60.3 Å². The highest BCUT2D eigenvalue weighted by molar-refractivity contribution is 5.96. The maximum Gasteiger partial charge on any atom is 0.331 e. The highest BCUT2D eigenvalue weighted by Gasteiger charge is 2.46. The van der Waals surface area contributed by atoms with Gasteiger partial charge < -0.3 is 24.1 Å². The summed E-state index contributed by atoms with van der Waals surface area (Å²) in [5.74, 6) is -0.537. The van der Waals surface area contributed by atoms with E-state index in [1.165, 1.54) is 17.7 Å². The molecule has 0 aromatic rings.